The lowest BCUT2D eigenvalue weighted by molar-refractivity contribution is -0.366. The SMILES string of the molecule is CC(=O)NC1C(OC2C(COC(C)=O)OC(OC3C(CO)OC(OC4C(CO)OC(O)C(NC(C)=O)C4OC(C)C(=O)NC(C)C(=O)NC(CCC(=O)NC(CCCC(N)C(N)=O)C(=O)NC(C)C(=O)O)C(N)=O)C(NC(C)=O)C3O)C(NC(C)=O)C2OC(C)C(=O)NC(C)C(=O)NC(CCC(=O)NC(CCCC(N)C(N)=O)C(=O)NC(C)C(=O)O)C(N)=O)OC(CO)C(O)C1O. The summed E-state index contributed by atoms with van der Waals surface area (Å²) in [5.74, 6) is -20.2. The van der Waals surface area contributed by atoms with Crippen molar-refractivity contribution in [2.75, 3.05) is 26.4 Å². The molecule has 16 amide bonds. The summed E-state index contributed by atoms with van der Waals surface area (Å²) >= 11 is 0. The van der Waals surface area contributed by atoms with Crippen LogP contribution in [0.15, 0.2) is 0 Å². The Morgan fingerprint density at radius 2 is 0.689 bits per heavy atom. The number of primary amides is 4. The van der Waals surface area contributed by atoms with Crippen LogP contribution in [0.1, 0.15) is 140 Å². The number of hydrogen-bond acceptors (Lipinski definition) is 38. The number of aliphatic carboxylic acids is 2. The molecule has 0 aliphatic carbocycles. The van der Waals surface area contributed by atoms with Crippen LogP contribution in [0.5, 0.6) is 0 Å². The molecule has 32 unspecified atom stereocenters. The summed E-state index contributed by atoms with van der Waals surface area (Å²) in [7, 11) is 0. The first kappa shape index (κ1) is 114. The van der Waals surface area contributed by atoms with Gasteiger partial charge in [0.15, 0.2) is 25.2 Å². The van der Waals surface area contributed by atoms with Crippen molar-refractivity contribution in [2.24, 2.45) is 34.4 Å². The largest absolute Gasteiger partial charge is 0.480 e. The molecule has 0 bridgehead atoms. The Morgan fingerprint density at radius 1 is 0.348 bits per heavy atom. The van der Waals surface area contributed by atoms with Gasteiger partial charge < -0.3 is 192 Å². The molecule has 4 saturated heterocycles. The van der Waals surface area contributed by atoms with E-state index in [9.17, 15) is 137 Å². The van der Waals surface area contributed by atoms with E-state index >= 15 is 0 Å². The number of esters is 1. The summed E-state index contributed by atoms with van der Waals surface area (Å²) in [6.45, 7) is 7.04. The third-order valence-electron chi connectivity index (χ3n) is 21.1. The zero-order valence-corrected chi connectivity index (χ0v) is 74.2. The molecule has 33 N–H and O–H groups in total. The standard InChI is InChI=1S/C76H126N18O38/c1-26(65(112)93-39(63(81)110)18-20-47(103)91-41(16-12-14-37(77)61(79)108)69(116)85-28(3)71(118)119)83-67(114)30(5)124-59-51(89-34(9)100)73(122)126-45(24-97)57(59)131-75-50(88-33(8)99)55(107)56(44(23-96)128-75)130-76-52(90-35(10)101)60(58(46(129-76)25-123-36(11)102)132-74-49(87-32(7)98)54(106)53(105)43(22-95)127-74)125-31(6)68(115)84-27(2)66(113)94-40(64(82)111)19-21-48(104)92-42(17-13-15-38(78)62(80)109)70(117)86-29(4)72(120)121/h26-31,37-46,49-60,73-76,95-97,105-107,122H,12-25,77-78H2,1-11H3,(H2,79,108)(H2,80,109)(H2,81,110)(H2,82,111)(H,83,114)(H,84,115)(H,85,116)(H,86,117)(H,87,98)(H,88,99)(H,89,100)(H,90,101)(H,91,103)(H,92,104)(H,93,112)(H,94,113)(H,118,119)(H,120,121). The van der Waals surface area contributed by atoms with Crippen molar-refractivity contribution in [1.82, 2.24) is 63.8 Å². The van der Waals surface area contributed by atoms with E-state index in [1.807, 2.05) is 0 Å². The Hall–Kier alpha value is -10.8. The molecule has 0 radical (unpaired) electrons. The van der Waals surface area contributed by atoms with Gasteiger partial charge in [0.25, 0.3) is 0 Å². The Kier molecular flexibility index (Phi) is 46.3. The van der Waals surface area contributed by atoms with Crippen molar-refractivity contribution in [3.63, 3.8) is 0 Å². The maximum Gasteiger partial charge on any atom is 0.325 e. The number of amides is 16. The van der Waals surface area contributed by atoms with Crippen LogP contribution in [-0.4, -0.2) is 380 Å². The fraction of sp³-hybridized carbons (Fsp3) is 0.750. The number of ether oxygens (including phenoxy) is 10. The first-order valence-corrected chi connectivity index (χ1v) is 41.9. The summed E-state index contributed by atoms with van der Waals surface area (Å²) in [6.07, 6.45) is -39.0. The molecule has 132 heavy (non-hydrogen) atoms. The minimum atomic E-state index is -2.30. The van der Waals surface area contributed by atoms with Gasteiger partial charge in [-0.1, -0.05) is 0 Å². The molecule has 56 heteroatoms. The zero-order chi connectivity index (χ0) is 99.9. The third kappa shape index (κ3) is 35.0. The van der Waals surface area contributed by atoms with Crippen molar-refractivity contribution in [3.8, 4) is 0 Å². The number of carbonyl (C=O) groups excluding carboxylic acids is 17. The second kappa shape index (κ2) is 53.8. The van der Waals surface area contributed by atoms with Gasteiger partial charge in [0.05, 0.1) is 31.9 Å². The fourth-order valence-corrected chi connectivity index (χ4v) is 13.9. The highest BCUT2D eigenvalue weighted by Gasteiger charge is 2.59. The summed E-state index contributed by atoms with van der Waals surface area (Å²) in [5, 5.41) is 126. The van der Waals surface area contributed by atoms with Crippen LogP contribution >= 0.6 is 0 Å². The number of nitrogens with one attached hydrogen (secondary N) is 12. The number of rotatable bonds is 53. The van der Waals surface area contributed by atoms with E-state index < -0.39 is 360 Å². The van der Waals surface area contributed by atoms with Crippen LogP contribution in [0.2, 0.25) is 0 Å². The monoisotopic (exact) mass is 1900 g/mol. The summed E-state index contributed by atoms with van der Waals surface area (Å²) < 4.78 is 61.8. The number of carboxylic acids is 2. The molecule has 0 saturated carbocycles. The quantitative estimate of drug-likeness (QED) is 0.0252. The van der Waals surface area contributed by atoms with Gasteiger partial charge in [-0.2, -0.15) is 0 Å². The van der Waals surface area contributed by atoms with Crippen LogP contribution in [0.3, 0.4) is 0 Å². The maximum absolute atomic E-state index is 14.6. The summed E-state index contributed by atoms with van der Waals surface area (Å²) in [4.78, 5) is 247. The maximum atomic E-state index is 14.6. The molecule has 4 aliphatic heterocycles. The van der Waals surface area contributed by atoms with Gasteiger partial charge in [0, 0.05) is 47.5 Å². The molecule has 4 fully saturated rings. The molecule has 4 rings (SSSR count). The Bertz CT molecular complexity index is 4010. The van der Waals surface area contributed by atoms with Crippen molar-refractivity contribution < 1.29 is 184 Å². The highest BCUT2D eigenvalue weighted by Crippen LogP contribution is 2.37. The van der Waals surface area contributed by atoms with E-state index in [2.05, 4.69) is 63.8 Å². The number of aliphatic hydroxyl groups excluding tert-OH is 7. The van der Waals surface area contributed by atoms with Crippen molar-refractivity contribution in [1.29, 1.82) is 0 Å². The highest BCUT2D eigenvalue weighted by atomic mass is 16.8. The number of nitrogens with two attached hydrogens (primary N) is 6. The first-order valence-electron chi connectivity index (χ1n) is 41.9. The van der Waals surface area contributed by atoms with Crippen LogP contribution in [0.25, 0.3) is 0 Å². The second-order valence-corrected chi connectivity index (χ2v) is 31.9. The third-order valence-corrected chi connectivity index (χ3v) is 21.1. The average Bonchev–Trinajstić information content (AvgIpc) is 0.762. The number of aliphatic hydroxyl groups is 7. The number of carbonyl (C=O) groups is 19. The lowest BCUT2D eigenvalue weighted by Gasteiger charge is -2.52. The van der Waals surface area contributed by atoms with E-state index in [-0.39, 0.29) is 38.5 Å². The topological polar surface area (TPSA) is 899 Å². The number of carboxylic acid groups (broad SMARTS) is 2. The number of hydrogen-bond donors (Lipinski definition) is 27. The van der Waals surface area contributed by atoms with Crippen molar-refractivity contribution >= 4 is 112 Å². The predicted molar refractivity (Wildman–Crippen MR) is 439 cm³/mol. The molecule has 4 aliphatic rings. The van der Waals surface area contributed by atoms with Crippen molar-refractivity contribution in [3.05, 3.63) is 0 Å². The molecular formula is C76H126N18O38. The second-order valence-electron chi connectivity index (χ2n) is 31.9. The van der Waals surface area contributed by atoms with Gasteiger partial charge in [-0.05, 0) is 92.9 Å². The van der Waals surface area contributed by atoms with E-state index in [4.69, 9.17) is 81.8 Å². The minimum Gasteiger partial charge on any atom is -0.480 e. The first-order chi connectivity index (χ1) is 61.7. The van der Waals surface area contributed by atoms with Gasteiger partial charge in [0.1, 0.15) is 165 Å². The van der Waals surface area contributed by atoms with Crippen LogP contribution in [-0.2, 0) is 138 Å². The Balaban J connectivity index is 1.74. The van der Waals surface area contributed by atoms with E-state index in [0.717, 1.165) is 76.2 Å². The van der Waals surface area contributed by atoms with E-state index in [0.29, 0.717) is 0 Å². The average molecular weight is 1900 g/mol. The molecular weight excluding hydrogens is 1770 g/mol. The predicted octanol–water partition coefficient (Wildman–Crippen LogP) is -15.2. The van der Waals surface area contributed by atoms with E-state index in [1.54, 1.807) is 0 Å². The molecule has 4 heterocycles. The van der Waals surface area contributed by atoms with Gasteiger partial charge in [-0.15, -0.1) is 0 Å². The summed E-state index contributed by atoms with van der Waals surface area (Å²) in [6, 6.07) is -22.3. The van der Waals surface area contributed by atoms with Gasteiger partial charge in [-0.25, -0.2) is 0 Å². The smallest absolute Gasteiger partial charge is 0.325 e. The molecule has 0 aromatic carbocycles. The van der Waals surface area contributed by atoms with Crippen molar-refractivity contribution in [2.45, 2.75) is 336 Å². The highest BCUT2D eigenvalue weighted by molar-refractivity contribution is 5.95. The van der Waals surface area contributed by atoms with Gasteiger partial charge in [-0.3, -0.25) is 91.1 Å². The molecule has 32 atom stereocenters. The molecule has 0 spiro atoms. The Labute approximate surface area is 754 Å². The molecule has 748 valence electrons. The zero-order valence-electron chi connectivity index (χ0n) is 74.2. The Morgan fingerprint density at radius 3 is 1.07 bits per heavy atom. The summed E-state index contributed by atoms with van der Waals surface area (Å²) in [5.41, 5.74) is 33.1. The van der Waals surface area contributed by atoms with Crippen LogP contribution < -0.4 is 98.2 Å². The minimum absolute atomic E-state index is 0.0130. The van der Waals surface area contributed by atoms with Gasteiger partial charge in [0.2, 0.25) is 94.5 Å². The van der Waals surface area contributed by atoms with Gasteiger partial charge >= 0.3 is 17.9 Å². The fourth-order valence-electron chi connectivity index (χ4n) is 13.9. The molecule has 56 nitrogen and oxygen atoms in total. The van der Waals surface area contributed by atoms with E-state index in [1.165, 1.54) is 0 Å². The molecule has 0 aromatic rings. The van der Waals surface area contributed by atoms with Crippen LogP contribution in [0, 0.1) is 0 Å². The van der Waals surface area contributed by atoms with Crippen LogP contribution in [0.4, 0.5) is 0 Å². The lowest BCUT2D eigenvalue weighted by Crippen LogP contribution is -2.72. The molecule has 0 aromatic heterocycles. The normalized spacial score (nSPS) is 27.9. The lowest BCUT2D eigenvalue weighted by atomic mass is 9.92.